The molecule has 30 heavy (non-hydrogen) atoms. The third kappa shape index (κ3) is 6.11. The summed E-state index contributed by atoms with van der Waals surface area (Å²) in [5.74, 6) is -0.681. The number of anilines is 1. The van der Waals surface area contributed by atoms with Gasteiger partial charge in [0.05, 0.1) is 0 Å². The molecule has 1 aliphatic rings. The number of benzene rings is 2. The highest BCUT2D eigenvalue weighted by Gasteiger charge is 2.34. The summed E-state index contributed by atoms with van der Waals surface area (Å²) in [6.45, 7) is 0.298. The first-order valence-electron chi connectivity index (χ1n) is 9.43. The summed E-state index contributed by atoms with van der Waals surface area (Å²) >= 11 is 11.9. The molecule has 9 heteroatoms. The van der Waals surface area contributed by atoms with Gasteiger partial charge in [0, 0.05) is 22.3 Å². The Morgan fingerprint density at radius 1 is 1.07 bits per heavy atom. The predicted molar refractivity (Wildman–Crippen MR) is 114 cm³/mol. The molecule has 1 fully saturated rings. The Balaban J connectivity index is 1.49. The van der Waals surface area contributed by atoms with Crippen LogP contribution in [0.25, 0.3) is 0 Å². The Bertz CT molecular complexity index is 903. The summed E-state index contributed by atoms with van der Waals surface area (Å²) in [4.78, 5) is 38.5. The average molecular weight is 450 g/mol. The zero-order valence-corrected chi connectivity index (χ0v) is 17.6. The van der Waals surface area contributed by atoms with E-state index < -0.39 is 12.1 Å². The smallest absolute Gasteiger partial charge is 0.407 e. The van der Waals surface area contributed by atoms with Gasteiger partial charge in [0.25, 0.3) is 0 Å². The Kier molecular flexibility index (Phi) is 7.54. The molecule has 1 saturated heterocycles. The zero-order chi connectivity index (χ0) is 21.5. The van der Waals surface area contributed by atoms with Crippen LogP contribution in [0.3, 0.4) is 0 Å². The van der Waals surface area contributed by atoms with Gasteiger partial charge in [0.2, 0.25) is 11.8 Å². The van der Waals surface area contributed by atoms with Crippen LogP contribution < -0.4 is 10.6 Å². The van der Waals surface area contributed by atoms with Gasteiger partial charge in [-0.25, -0.2) is 4.79 Å². The van der Waals surface area contributed by atoms with Gasteiger partial charge in [-0.15, -0.1) is 0 Å². The first kappa shape index (κ1) is 21.9. The molecule has 2 aromatic carbocycles. The summed E-state index contributed by atoms with van der Waals surface area (Å²) in [5, 5.41) is 5.97. The fraction of sp³-hybridized carbons (Fsp3) is 0.286. The molecule has 0 radical (unpaired) electrons. The SMILES string of the molecule is O=C(NCC(=O)N1CCCC1C(=O)Nc1cc(Cl)cc(Cl)c1)OCc1ccccc1. The molecule has 7 nitrogen and oxygen atoms in total. The molecule has 2 aromatic rings. The summed E-state index contributed by atoms with van der Waals surface area (Å²) in [7, 11) is 0. The maximum atomic E-state index is 12.6. The molecule has 3 amide bonds. The van der Waals surface area contributed by atoms with Crippen molar-refractivity contribution in [1.29, 1.82) is 0 Å². The Morgan fingerprint density at radius 3 is 2.47 bits per heavy atom. The number of ether oxygens (including phenoxy) is 1. The van der Waals surface area contributed by atoms with Gasteiger partial charge in [-0.3, -0.25) is 9.59 Å². The van der Waals surface area contributed by atoms with Crippen LogP contribution in [0.4, 0.5) is 10.5 Å². The summed E-state index contributed by atoms with van der Waals surface area (Å²) in [6.07, 6.45) is 0.532. The van der Waals surface area contributed by atoms with E-state index in [-0.39, 0.29) is 25.0 Å². The minimum atomic E-state index is -0.694. The molecule has 0 spiro atoms. The van der Waals surface area contributed by atoms with E-state index in [1.54, 1.807) is 18.2 Å². The number of amides is 3. The fourth-order valence-corrected chi connectivity index (χ4v) is 3.74. The van der Waals surface area contributed by atoms with Gasteiger partial charge in [-0.2, -0.15) is 0 Å². The lowest BCUT2D eigenvalue weighted by Crippen LogP contribution is -2.47. The lowest BCUT2D eigenvalue weighted by Gasteiger charge is -2.24. The standard InChI is InChI=1S/C21H21Cl2N3O4/c22-15-9-16(23)11-17(10-15)25-20(28)18-7-4-8-26(18)19(27)12-24-21(29)30-13-14-5-2-1-3-6-14/h1-3,5-6,9-11,18H,4,7-8,12-13H2,(H,24,29)(H,25,28). The van der Waals surface area contributed by atoms with Gasteiger partial charge in [0.15, 0.2) is 0 Å². The van der Waals surface area contributed by atoms with E-state index in [0.29, 0.717) is 35.1 Å². The van der Waals surface area contributed by atoms with Crippen molar-refractivity contribution < 1.29 is 19.1 Å². The van der Waals surface area contributed by atoms with Crippen molar-refractivity contribution in [3.63, 3.8) is 0 Å². The van der Waals surface area contributed by atoms with Gasteiger partial charge in [-0.05, 0) is 36.6 Å². The van der Waals surface area contributed by atoms with Crippen molar-refractivity contribution >= 4 is 46.8 Å². The second kappa shape index (κ2) is 10.3. The molecule has 1 aliphatic heterocycles. The van der Waals surface area contributed by atoms with Gasteiger partial charge in [-0.1, -0.05) is 53.5 Å². The molecule has 0 saturated carbocycles. The Labute approximate surface area is 184 Å². The van der Waals surface area contributed by atoms with Crippen molar-refractivity contribution in [3.05, 3.63) is 64.1 Å². The maximum Gasteiger partial charge on any atom is 0.407 e. The van der Waals surface area contributed by atoms with Crippen molar-refractivity contribution in [2.24, 2.45) is 0 Å². The van der Waals surface area contributed by atoms with E-state index in [2.05, 4.69) is 10.6 Å². The number of carbonyl (C=O) groups excluding carboxylic acids is 3. The number of hydrogen-bond donors (Lipinski definition) is 2. The third-order valence-electron chi connectivity index (χ3n) is 4.60. The molecule has 1 unspecified atom stereocenters. The van der Waals surface area contributed by atoms with E-state index in [1.165, 1.54) is 4.90 Å². The predicted octanol–water partition coefficient (Wildman–Crippen LogP) is 3.85. The van der Waals surface area contributed by atoms with Gasteiger partial charge >= 0.3 is 6.09 Å². The number of rotatable bonds is 6. The van der Waals surface area contributed by atoms with Gasteiger partial charge < -0.3 is 20.3 Å². The average Bonchev–Trinajstić information content (AvgIpc) is 3.20. The van der Waals surface area contributed by atoms with E-state index >= 15 is 0 Å². The zero-order valence-electron chi connectivity index (χ0n) is 16.1. The monoisotopic (exact) mass is 449 g/mol. The normalized spacial score (nSPS) is 15.5. The van der Waals surface area contributed by atoms with Crippen LogP contribution in [0.5, 0.6) is 0 Å². The number of nitrogens with zero attached hydrogens (tertiary/aromatic N) is 1. The molecule has 2 N–H and O–H groups in total. The Hall–Kier alpha value is -2.77. The molecule has 0 aliphatic carbocycles. The van der Waals surface area contributed by atoms with Crippen LogP contribution >= 0.6 is 23.2 Å². The van der Waals surface area contributed by atoms with E-state index in [1.807, 2.05) is 30.3 Å². The lowest BCUT2D eigenvalue weighted by atomic mass is 10.2. The molecular weight excluding hydrogens is 429 g/mol. The highest BCUT2D eigenvalue weighted by Crippen LogP contribution is 2.24. The van der Waals surface area contributed by atoms with Crippen molar-refractivity contribution in [2.45, 2.75) is 25.5 Å². The second-order valence-electron chi connectivity index (χ2n) is 6.81. The second-order valence-corrected chi connectivity index (χ2v) is 7.68. The minimum absolute atomic E-state index is 0.109. The molecule has 158 valence electrons. The molecular formula is C21H21Cl2N3O4. The maximum absolute atomic E-state index is 12.6. The molecule has 0 aromatic heterocycles. The summed E-state index contributed by atoms with van der Waals surface area (Å²) in [5.41, 5.74) is 1.30. The number of alkyl carbamates (subject to hydrolysis) is 1. The van der Waals surface area contributed by atoms with Crippen molar-refractivity contribution in [1.82, 2.24) is 10.2 Å². The molecule has 1 heterocycles. The number of hydrogen-bond acceptors (Lipinski definition) is 4. The van der Waals surface area contributed by atoms with Crippen LogP contribution in [0, 0.1) is 0 Å². The number of halogens is 2. The van der Waals surface area contributed by atoms with Crippen LogP contribution in [0.15, 0.2) is 48.5 Å². The van der Waals surface area contributed by atoms with Crippen LogP contribution in [0.2, 0.25) is 10.0 Å². The van der Waals surface area contributed by atoms with E-state index in [4.69, 9.17) is 27.9 Å². The van der Waals surface area contributed by atoms with E-state index in [9.17, 15) is 14.4 Å². The summed E-state index contributed by atoms with van der Waals surface area (Å²) in [6, 6.07) is 13.3. The van der Waals surface area contributed by atoms with Crippen molar-refractivity contribution in [2.75, 3.05) is 18.4 Å². The molecule has 0 bridgehead atoms. The van der Waals surface area contributed by atoms with Crippen LogP contribution in [-0.4, -0.2) is 41.9 Å². The Morgan fingerprint density at radius 2 is 1.77 bits per heavy atom. The quantitative estimate of drug-likeness (QED) is 0.700. The largest absolute Gasteiger partial charge is 0.445 e. The van der Waals surface area contributed by atoms with E-state index in [0.717, 1.165) is 5.56 Å². The van der Waals surface area contributed by atoms with Crippen LogP contribution in [-0.2, 0) is 20.9 Å². The number of nitrogens with one attached hydrogen (secondary N) is 2. The topological polar surface area (TPSA) is 87.7 Å². The van der Waals surface area contributed by atoms with Crippen LogP contribution in [0.1, 0.15) is 18.4 Å². The molecule has 1 atom stereocenters. The van der Waals surface area contributed by atoms with Gasteiger partial charge in [0.1, 0.15) is 19.2 Å². The highest BCUT2D eigenvalue weighted by molar-refractivity contribution is 6.35. The van der Waals surface area contributed by atoms with Crippen molar-refractivity contribution in [3.8, 4) is 0 Å². The fourth-order valence-electron chi connectivity index (χ4n) is 3.21. The minimum Gasteiger partial charge on any atom is -0.445 e. The number of likely N-dealkylation sites (tertiary alicyclic amines) is 1. The highest BCUT2D eigenvalue weighted by atomic mass is 35.5. The first-order valence-corrected chi connectivity index (χ1v) is 10.2. The summed E-state index contributed by atoms with van der Waals surface area (Å²) < 4.78 is 5.09. The first-order chi connectivity index (χ1) is 14.4. The lowest BCUT2D eigenvalue weighted by molar-refractivity contribution is -0.135. The number of carbonyl (C=O) groups is 3. The molecule has 3 rings (SSSR count). The third-order valence-corrected chi connectivity index (χ3v) is 5.04.